The zero-order chi connectivity index (χ0) is 14.3. The number of benzene rings is 1. The zero-order valence-corrected chi connectivity index (χ0v) is 11.2. The van der Waals surface area contributed by atoms with E-state index in [2.05, 4.69) is 0 Å². The van der Waals surface area contributed by atoms with Crippen LogP contribution in [-0.2, 0) is 20.9 Å². The molecular formula is C14H16N2O4. The van der Waals surface area contributed by atoms with Crippen molar-refractivity contribution in [1.82, 2.24) is 0 Å². The standard InChI is InChI=1S/C14H16N2O4/c1-19-12-6-8(7-15)2-3-9(12)16-13(17)10-4-5-11(20-10)14(16)18/h2-3,6,10-11H,4-5,7,15H2,1H3. The van der Waals surface area contributed by atoms with Crippen molar-refractivity contribution in [3.8, 4) is 5.75 Å². The van der Waals surface area contributed by atoms with Gasteiger partial charge in [-0.1, -0.05) is 6.07 Å². The summed E-state index contributed by atoms with van der Waals surface area (Å²) in [7, 11) is 1.50. The maximum Gasteiger partial charge on any atom is 0.263 e. The number of carbonyl (C=O) groups is 2. The van der Waals surface area contributed by atoms with Gasteiger partial charge in [0.15, 0.2) is 0 Å². The summed E-state index contributed by atoms with van der Waals surface area (Å²) in [5.41, 5.74) is 6.92. The number of hydrogen-bond acceptors (Lipinski definition) is 5. The molecule has 0 aromatic heterocycles. The van der Waals surface area contributed by atoms with Gasteiger partial charge in [0.25, 0.3) is 11.8 Å². The van der Waals surface area contributed by atoms with Crippen LogP contribution in [0.1, 0.15) is 18.4 Å². The number of hydrogen-bond donors (Lipinski definition) is 1. The molecule has 0 spiro atoms. The highest BCUT2D eigenvalue weighted by Crippen LogP contribution is 2.36. The van der Waals surface area contributed by atoms with Gasteiger partial charge in [-0.25, -0.2) is 4.90 Å². The van der Waals surface area contributed by atoms with Gasteiger partial charge in [-0.05, 0) is 30.5 Å². The van der Waals surface area contributed by atoms with Crippen LogP contribution in [0.25, 0.3) is 0 Å². The fourth-order valence-electron chi connectivity index (χ4n) is 2.67. The predicted molar refractivity (Wildman–Crippen MR) is 71.3 cm³/mol. The molecule has 106 valence electrons. The average molecular weight is 276 g/mol. The molecule has 1 aromatic rings. The molecular weight excluding hydrogens is 260 g/mol. The molecule has 20 heavy (non-hydrogen) atoms. The lowest BCUT2D eigenvalue weighted by Crippen LogP contribution is -2.52. The van der Waals surface area contributed by atoms with E-state index in [0.717, 1.165) is 5.56 Å². The van der Waals surface area contributed by atoms with E-state index in [4.69, 9.17) is 15.2 Å². The maximum absolute atomic E-state index is 12.3. The van der Waals surface area contributed by atoms with Crippen molar-refractivity contribution in [3.05, 3.63) is 23.8 Å². The molecule has 2 saturated heterocycles. The Kier molecular flexibility index (Phi) is 3.19. The average Bonchev–Trinajstić information content (AvgIpc) is 2.93. The number of fused-ring (bicyclic) bond motifs is 2. The van der Waals surface area contributed by atoms with Gasteiger partial charge in [0.05, 0.1) is 12.8 Å². The smallest absolute Gasteiger partial charge is 0.263 e. The minimum atomic E-state index is -0.517. The molecule has 2 N–H and O–H groups in total. The van der Waals surface area contributed by atoms with Crippen LogP contribution in [0, 0.1) is 0 Å². The van der Waals surface area contributed by atoms with E-state index >= 15 is 0 Å². The SMILES string of the molecule is COc1cc(CN)ccc1N1C(=O)C2CCC(O2)C1=O. The highest BCUT2D eigenvalue weighted by molar-refractivity contribution is 6.20. The number of anilines is 1. The predicted octanol–water partition coefficient (Wildman–Crippen LogP) is 0.575. The van der Waals surface area contributed by atoms with E-state index in [-0.39, 0.29) is 11.8 Å². The van der Waals surface area contributed by atoms with E-state index in [1.807, 2.05) is 0 Å². The number of rotatable bonds is 3. The minimum Gasteiger partial charge on any atom is -0.495 e. The lowest BCUT2D eigenvalue weighted by Gasteiger charge is -2.30. The third kappa shape index (κ3) is 1.88. The molecule has 3 rings (SSSR count). The molecule has 2 fully saturated rings. The van der Waals surface area contributed by atoms with Crippen molar-refractivity contribution in [2.75, 3.05) is 12.0 Å². The number of imide groups is 1. The molecule has 6 nitrogen and oxygen atoms in total. The molecule has 1 aromatic carbocycles. The van der Waals surface area contributed by atoms with Crippen LogP contribution in [0.5, 0.6) is 5.75 Å². The summed E-state index contributed by atoms with van der Waals surface area (Å²) in [6, 6.07) is 5.23. The van der Waals surface area contributed by atoms with Crippen molar-refractivity contribution in [1.29, 1.82) is 0 Å². The van der Waals surface area contributed by atoms with Crippen molar-refractivity contribution in [2.24, 2.45) is 5.73 Å². The first-order valence-electron chi connectivity index (χ1n) is 6.56. The lowest BCUT2D eigenvalue weighted by atomic mass is 10.1. The fraction of sp³-hybridized carbons (Fsp3) is 0.429. The Hall–Kier alpha value is -1.92. The Bertz CT molecular complexity index is 550. The van der Waals surface area contributed by atoms with Gasteiger partial charge in [0.1, 0.15) is 18.0 Å². The van der Waals surface area contributed by atoms with E-state index in [0.29, 0.717) is 30.8 Å². The molecule has 2 amide bonds. The van der Waals surface area contributed by atoms with Gasteiger partial charge in [0, 0.05) is 6.54 Å². The first-order valence-corrected chi connectivity index (χ1v) is 6.56. The third-order valence-electron chi connectivity index (χ3n) is 3.73. The first kappa shape index (κ1) is 13.1. The van der Waals surface area contributed by atoms with Crippen LogP contribution >= 0.6 is 0 Å². The van der Waals surface area contributed by atoms with Crippen LogP contribution in [0.3, 0.4) is 0 Å². The Morgan fingerprint density at radius 1 is 1.30 bits per heavy atom. The summed E-state index contributed by atoms with van der Waals surface area (Å²) in [4.78, 5) is 25.8. The van der Waals surface area contributed by atoms with Crippen LogP contribution in [0.15, 0.2) is 18.2 Å². The summed E-state index contributed by atoms with van der Waals surface area (Å²) >= 11 is 0. The Labute approximate surface area is 116 Å². The summed E-state index contributed by atoms with van der Waals surface area (Å²) in [5.74, 6) is -0.166. The Balaban J connectivity index is 2.03. The van der Waals surface area contributed by atoms with Crippen LogP contribution in [0.2, 0.25) is 0 Å². The van der Waals surface area contributed by atoms with E-state index in [9.17, 15) is 9.59 Å². The highest BCUT2D eigenvalue weighted by Gasteiger charge is 2.47. The van der Waals surface area contributed by atoms with Crippen molar-refractivity contribution >= 4 is 17.5 Å². The largest absolute Gasteiger partial charge is 0.495 e. The first-order chi connectivity index (χ1) is 9.65. The molecule has 0 radical (unpaired) electrons. The molecule has 2 heterocycles. The number of methoxy groups -OCH3 is 1. The van der Waals surface area contributed by atoms with Crippen LogP contribution < -0.4 is 15.4 Å². The lowest BCUT2D eigenvalue weighted by molar-refractivity contribution is -0.146. The van der Waals surface area contributed by atoms with E-state index in [1.165, 1.54) is 12.0 Å². The van der Waals surface area contributed by atoms with Crippen molar-refractivity contribution in [2.45, 2.75) is 31.6 Å². The number of carbonyl (C=O) groups excluding carboxylic acids is 2. The molecule has 2 aliphatic rings. The van der Waals surface area contributed by atoms with Crippen molar-refractivity contribution < 1.29 is 19.1 Å². The summed E-state index contributed by atoms with van der Waals surface area (Å²) in [6.45, 7) is 0.368. The minimum absolute atomic E-state index is 0.317. The van der Waals surface area contributed by atoms with Gasteiger partial charge in [-0.3, -0.25) is 9.59 Å². The molecule has 2 aliphatic heterocycles. The molecule has 2 atom stereocenters. The second-order valence-electron chi connectivity index (χ2n) is 4.91. The molecule has 0 saturated carbocycles. The normalized spacial score (nSPS) is 25.2. The fourth-order valence-corrected chi connectivity index (χ4v) is 2.67. The summed E-state index contributed by atoms with van der Waals surface area (Å²) in [5, 5.41) is 0. The van der Waals surface area contributed by atoms with E-state index < -0.39 is 12.2 Å². The Morgan fingerprint density at radius 3 is 2.50 bits per heavy atom. The number of nitrogens with zero attached hydrogens (tertiary/aromatic N) is 1. The maximum atomic E-state index is 12.3. The van der Waals surface area contributed by atoms with Gasteiger partial charge < -0.3 is 15.2 Å². The monoisotopic (exact) mass is 276 g/mol. The number of amides is 2. The van der Waals surface area contributed by atoms with Crippen LogP contribution in [0.4, 0.5) is 5.69 Å². The van der Waals surface area contributed by atoms with Gasteiger partial charge >= 0.3 is 0 Å². The van der Waals surface area contributed by atoms with Crippen molar-refractivity contribution in [3.63, 3.8) is 0 Å². The summed E-state index contributed by atoms with van der Waals surface area (Å²) in [6.07, 6.45) is 0.150. The number of nitrogens with two attached hydrogens (primary N) is 1. The van der Waals surface area contributed by atoms with Gasteiger partial charge in [-0.2, -0.15) is 0 Å². The molecule has 2 bridgehead atoms. The zero-order valence-electron chi connectivity index (χ0n) is 11.2. The third-order valence-corrected chi connectivity index (χ3v) is 3.73. The highest BCUT2D eigenvalue weighted by atomic mass is 16.5. The molecule has 2 unspecified atom stereocenters. The number of ether oxygens (including phenoxy) is 2. The summed E-state index contributed by atoms with van der Waals surface area (Å²) < 4.78 is 10.7. The van der Waals surface area contributed by atoms with E-state index in [1.54, 1.807) is 18.2 Å². The molecule has 0 aliphatic carbocycles. The van der Waals surface area contributed by atoms with Crippen LogP contribution in [-0.4, -0.2) is 31.1 Å². The van der Waals surface area contributed by atoms with Gasteiger partial charge in [-0.15, -0.1) is 0 Å². The Morgan fingerprint density at radius 2 is 1.95 bits per heavy atom. The topological polar surface area (TPSA) is 81.9 Å². The molecule has 6 heteroatoms. The second-order valence-corrected chi connectivity index (χ2v) is 4.91. The number of morpholine rings is 1. The van der Waals surface area contributed by atoms with Gasteiger partial charge in [0.2, 0.25) is 0 Å². The quantitative estimate of drug-likeness (QED) is 0.816. The second kappa shape index (κ2) is 4.88.